The molecule has 21 heavy (non-hydrogen) atoms. The minimum absolute atomic E-state index is 0.0801. The molecular formula is C14H14N4O3. The van der Waals surface area contributed by atoms with Crippen molar-refractivity contribution in [3.8, 4) is 0 Å². The zero-order valence-corrected chi connectivity index (χ0v) is 11.3. The van der Waals surface area contributed by atoms with Crippen LogP contribution in [0.3, 0.4) is 0 Å². The van der Waals surface area contributed by atoms with Crippen LogP contribution in [0.4, 0.5) is 17.1 Å². The summed E-state index contributed by atoms with van der Waals surface area (Å²) in [7, 11) is 0. The lowest BCUT2D eigenvalue weighted by atomic mass is 10.1. The number of nitrogen functional groups attached to an aromatic ring is 1. The molecule has 0 saturated carbocycles. The largest absolute Gasteiger partial charge is 0.322 e. The molecule has 0 heterocycles. The fourth-order valence-corrected chi connectivity index (χ4v) is 1.79. The number of rotatable bonds is 4. The maximum absolute atomic E-state index is 12.1. The van der Waals surface area contributed by atoms with E-state index in [2.05, 4.69) is 10.7 Å². The van der Waals surface area contributed by atoms with Crippen molar-refractivity contribution in [3.05, 3.63) is 63.7 Å². The second-order valence-corrected chi connectivity index (χ2v) is 4.45. The Labute approximate surface area is 120 Å². The minimum Gasteiger partial charge on any atom is -0.322 e. The van der Waals surface area contributed by atoms with Gasteiger partial charge in [-0.05, 0) is 31.2 Å². The fourth-order valence-electron chi connectivity index (χ4n) is 1.79. The van der Waals surface area contributed by atoms with Crippen LogP contribution >= 0.6 is 0 Å². The van der Waals surface area contributed by atoms with E-state index >= 15 is 0 Å². The van der Waals surface area contributed by atoms with Crippen LogP contribution < -0.4 is 16.6 Å². The zero-order valence-electron chi connectivity index (χ0n) is 11.3. The topological polar surface area (TPSA) is 110 Å². The number of nitrogens with zero attached hydrogens (tertiary/aromatic N) is 1. The van der Waals surface area contributed by atoms with E-state index in [0.717, 1.165) is 5.56 Å². The van der Waals surface area contributed by atoms with Crippen molar-refractivity contribution >= 4 is 23.0 Å². The molecule has 7 nitrogen and oxygen atoms in total. The first-order valence-corrected chi connectivity index (χ1v) is 6.14. The van der Waals surface area contributed by atoms with Crippen LogP contribution in [0.5, 0.6) is 0 Å². The summed E-state index contributed by atoms with van der Waals surface area (Å²) in [5, 5.41) is 13.5. The smallest absolute Gasteiger partial charge is 0.293 e. The molecule has 0 bridgehead atoms. The summed E-state index contributed by atoms with van der Waals surface area (Å²) in [6.45, 7) is 1.95. The molecule has 2 aromatic rings. The van der Waals surface area contributed by atoms with Crippen molar-refractivity contribution < 1.29 is 9.72 Å². The second kappa shape index (κ2) is 6.02. The van der Waals surface area contributed by atoms with Crippen molar-refractivity contribution in [1.82, 2.24) is 0 Å². The SMILES string of the molecule is Cc1ccc(NC(=O)c2ccc([N+](=O)[O-])c(NN)c2)cc1. The highest BCUT2D eigenvalue weighted by molar-refractivity contribution is 6.05. The van der Waals surface area contributed by atoms with Crippen LogP contribution in [0.2, 0.25) is 0 Å². The summed E-state index contributed by atoms with van der Waals surface area (Å²) in [4.78, 5) is 22.3. The minimum atomic E-state index is -0.573. The average molecular weight is 286 g/mol. The van der Waals surface area contributed by atoms with E-state index < -0.39 is 4.92 Å². The van der Waals surface area contributed by atoms with Gasteiger partial charge in [0.1, 0.15) is 5.69 Å². The van der Waals surface area contributed by atoms with E-state index in [9.17, 15) is 14.9 Å². The first kappa shape index (κ1) is 14.5. The number of nitro groups is 1. The van der Waals surface area contributed by atoms with Gasteiger partial charge in [0.25, 0.3) is 11.6 Å². The molecule has 108 valence electrons. The van der Waals surface area contributed by atoms with Gasteiger partial charge >= 0.3 is 0 Å². The Morgan fingerprint density at radius 2 is 1.86 bits per heavy atom. The molecule has 2 rings (SSSR count). The van der Waals surface area contributed by atoms with Crippen LogP contribution in [0.1, 0.15) is 15.9 Å². The first-order valence-electron chi connectivity index (χ1n) is 6.14. The molecule has 0 saturated heterocycles. The van der Waals surface area contributed by atoms with Crippen LogP contribution in [-0.2, 0) is 0 Å². The molecular weight excluding hydrogens is 272 g/mol. The van der Waals surface area contributed by atoms with Crippen LogP contribution in [-0.4, -0.2) is 10.8 Å². The van der Waals surface area contributed by atoms with E-state index in [0.29, 0.717) is 5.69 Å². The zero-order chi connectivity index (χ0) is 15.4. The molecule has 0 spiro atoms. The molecule has 0 unspecified atom stereocenters. The molecule has 7 heteroatoms. The number of nitro benzene ring substituents is 1. The number of nitrogens with one attached hydrogen (secondary N) is 2. The number of aryl methyl sites for hydroxylation is 1. The quantitative estimate of drug-likeness (QED) is 0.454. The van der Waals surface area contributed by atoms with Gasteiger partial charge in [-0.3, -0.25) is 20.8 Å². The molecule has 0 radical (unpaired) electrons. The van der Waals surface area contributed by atoms with Crippen molar-refractivity contribution in [3.63, 3.8) is 0 Å². The van der Waals surface area contributed by atoms with Gasteiger partial charge in [-0.25, -0.2) is 0 Å². The number of carbonyl (C=O) groups is 1. The van der Waals surface area contributed by atoms with E-state index in [-0.39, 0.29) is 22.8 Å². The predicted molar refractivity (Wildman–Crippen MR) is 80.0 cm³/mol. The standard InChI is InChI=1S/C14H14N4O3/c1-9-2-5-11(6-3-9)16-14(19)10-4-7-13(18(20)21)12(8-10)17-15/h2-8,17H,15H2,1H3,(H,16,19). The van der Waals surface area contributed by atoms with E-state index in [4.69, 9.17) is 5.84 Å². The summed E-state index contributed by atoms with van der Waals surface area (Å²) >= 11 is 0. The Hall–Kier alpha value is -2.93. The molecule has 1 amide bonds. The number of hydrogen-bond donors (Lipinski definition) is 3. The Balaban J connectivity index is 2.23. The summed E-state index contributed by atoms with van der Waals surface area (Å²) in [5.74, 6) is 4.87. The Kier molecular flexibility index (Phi) is 4.15. The third kappa shape index (κ3) is 3.34. The fraction of sp³-hybridized carbons (Fsp3) is 0.0714. The van der Waals surface area contributed by atoms with Gasteiger partial charge in [0, 0.05) is 17.3 Å². The monoisotopic (exact) mass is 286 g/mol. The number of carbonyl (C=O) groups excluding carboxylic acids is 1. The third-order valence-corrected chi connectivity index (χ3v) is 2.92. The van der Waals surface area contributed by atoms with Gasteiger partial charge < -0.3 is 10.7 Å². The van der Waals surface area contributed by atoms with Crippen molar-refractivity contribution in [1.29, 1.82) is 0 Å². The molecule has 0 atom stereocenters. The molecule has 4 N–H and O–H groups in total. The molecule has 0 aliphatic carbocycles. The highest BCUT2D eigenvalue weighted by atomic mass is 16.6. The van der Waals surface area contributed by atoms with Gasteiger partial charge in [0.05, 0.1) is 4.92 Å². The van der Waals surface area contributed by atoms with Crippen LogP contribution in [0.15, 0.2) is 42.5 Å². The predicted octanol–water partition coefficient (Wildman–Crippen LogP) is 2.44. The molecule has 0 fully saturated rings. The average Bonchev–Trinajstić information content (AvgIpc) is 2.48. The lowest BCUT2D eigenvalue weighted by molar-refractivity contribution is -0.384. The van der Waals surface area contributed by atoms with E-state index in [1.165, 1.54) is 18.2 Å². The maximum atomic E-state index is 12.1. The first-order chi connectivity index (χ1) is 10.0. The summed E-state index contributed by atoms with van der Waals surface area (Å²) in [6, 6.07) is 11.3. The van der Waals surface area contributed by atoms with E-state index in [1.54, 1.807) is 12.1 Å². The van der Waals surface area contributed by atoms with Crippen molar-refractivity contribution in [2.24, 2.45) is 5.84 Å². The summed E-state index contributed by atoms with van der Waals surface area (Å²) in [5.41, 5.74) is 4.11. The third-order valence-electron chi connectivity index (χ3n) is 2.92. The molecule has 2 aromatic carbocycles. The van der Waals surface area contributed by atoms with E-state index in [1.807, 2.05) is 19.1 Å². The van der Waals surface area contributed by atoms with Gasteiger partial charge in [0.15, 0.2) is 0 Å². The van der Waals surface area contributed by atoms with Gasteiger partial charge in [0.2, 0.25) is 0 Å². The number of hydrogen-bond acceptors (Lipinski definition) is 5. The van der Waals surface area contributed by atoms with Gasteiger partial charge in [-0.2, -0.15) is 0 Å². The van der Waals surface area contributed by atoms with Gasteiger partial charge in [-0.15, -0.1) is 0 Å². The molecule has 0 aromatic heterocycles. The summed E-state index contributed by atoms with van der Waals surface area (Å²) in [6.07, 6.45) is 0. The van der Waals surface area contributed by atoms with Crippen LogP contribution in [0, 0.1) is 17.0 Å². The van der Waals surface area contributed by atoms with Crippen molar-refractivity contribution in [2.75, 3.05) is 10.7 Å². The van der Waals surface area contributed by atoms with Gasteiger partial charge in [-0.1, -0.05) is 17.7 Å². The Morgan fingerprint density at radius 3 is 2.43 bits per heavy atom. The molecule has 0 aliphatic heterocycles. The highest BCUT2D eigenvalue weighted by Crippen LogP contribution is 2.24. The maximum Gasteiger partial charge on any atom is 0.293 e. The number of amides is 1. The Morgan fingerprint density at radius 1 is 1.19 bits per heavy atom. The number of anilines is 2. The normalized spacial score (nSPS) is 10.0. The van der Waals surface area contributed by atoms with Crippen molar-refractivity contribution in [2.45, 2.75) is 6.92 Å². The highest BCUT2D eigenvalue weighted by Gasteiger charge is 2.16. The number of benzene rings is 2. The lowest BCUT2D eigenvalue weighted by Gasteiger charge is -2.07. The Bertz CT molecular complexity index is 683. The number of nitrogens with two attached hydrogens (primary N) is 1. The summed E-state index contributed by atoms with van der Waals surface area (Å²) < 4.78 is 0. The van der Waals surface area contributed by atoms with Crippen LogP contribution in [0.25, 0.3) is 0 Å². The molecule has 0 aliphatic rings. The second-order valence-electron chi connectivity index (χ2n) is 4.45. The number of hydrazine groups is 1. The lowest BCUT2D eigenvalue weighted by Crippen LogP contribution is -2.14.